The van der Waals surface area contributed by atoms with E-state index in [4.69, 9.17) is 15.6 Å². The molecule has 234 valence electrons. The topological polar surface area (TPSA) is 126 Å². The van der Waals surface area contributed by atoms with Gasteiger partial charge in [-0.15, -0.1) is 0 Å². The van der Waals surface area contributed by atoms with E-state index in [1.165, 1.54) is 12.4 Å². The number of unbranched alkanes of at least 4 members (excludes halogenated alkanes) is 1. The van der Waals surface area contributed by atoms with Crippen LogP contribution >= 0.6 is 0 Å². The molecule has 0 radical (unpaired) electrons. The fourth-order valence-corrected chi connectivity index (χ4v) is 5.66. The van der Waals surface area contributed by atoms with Gasteiger partial charge < -0.3 is 15.4 Å². The molecule has 1 amide bonds. The number of likely N-dealkylation sites (N-methyl/N-ethyl adjacent to an activating group) is 1. The number of rotatable bonds is 11. The first kappa shape index (κ1) is 31.6. The minimum atomic E-state index is -0.536. The standard InChI is InChI=1S/C34H39FN8O2/c1-5-6-16-41(4)34(2,3)19-23(20-36)33(44)42-17-10-11-24(42)21-43-32-29(31(37)38-22-39-32)30(40-43)27-15-14-26(18-28(27)35)45-25-12-8-7-9-13-25/h7-9,12-15,18-19,22,24H,5-6,10-11,16-17,21H2,1-4H3,(H2,37,38,39)/b23-19+/t24-/m0/s1. The van der Waals surface area contributed by atoms with Crippen molar-refractivity contribution in [3.05, 3.63) is 72.3 Å². The Balaban J connectivity index is 1.43. The lowest BCUT2D eigenvalue weighted by Gasteiger charge is -2.33. The first-order valence-electron chi connectivity index (χ1n) is 15.3. The summed E-state index contributed by atoms with van der Waals surface area (Å²) in [6.07, 6.45) is 6.71. The van der Waals surface area contributed by atoms with Crippen molar-refractivity contribution in [1.29, 1.82) is 5.26 Å². The number of carbonyl (C=O) groups is 1. The van der Waals surface area contributed by atoms with Crippen LogP contribution in [-0.2, 0) is 11.3 Å². The maximum Gasteiger partial charge on any atom is 0.264 e. The number of halogens is 1. The van der Waals surface area contributed by atoms with Crippen LogP contribution in [0.5, 0.6) is 11.5 Å². The van der Waals surface area contributed by atoms with Gasteiger partial charge in [-0.05, 0) is 77.0 Å². The molecule has 10 nitrogen and oxygen atoms in total. The molecule has 0 spiro atoms. The smallest absolute Gasteiger partial charge is 0.264 e. The number of carbonyl (C=O) groups excluding carboxylic acids is 1. The molecular weight excluding hydrogens is 571 g/mol. The summed E-state index contributed by atoms with van der Waals surface area (Å²) in [7, 11) is 2.00. The Morgan fingerprint density at radius 1 is 1.22 bits per heavy atom. The summed E-state index contributed by atoms with van der Waals surface area (Å²) in [5.74, 6) is 0.272. The Morgan fingerprint density at radius 2 is 2.00 bits per heavy atom. The van der Waals surface area contributed by atoms with Gasteiger partial charge in [0.1, 0.15) is 46.8 Å². The zero-order valence-corrected chi connectivity index (χ0v) is 26.2. The van der Waals surface area contributed by atoms with Crippen LogP contribution in [0.15, 0.2) is 66.5 Å². The number of nitriles is 1. The average molecular weight is 611 g/mol. The molecule has 4 aromatic rings. The molecule has 1 atom stereocenters. The van der Waals surface area contributed by atoms with Crippen molar-refractivity contribution >= 4 is 22.8 Å². The van der Waals surface area contributed by atoms with Gasteiger partial charge in [0.25, 0.3) is 5.91 Å². The van der Waals surface area contributed by atoms with Crippen LogP contribution in [0, 0.1) is 17.1 Å². The Labute approximate surface area is 262 Å². The van der Waals surface area contributed by atoms with Crippen molar-refractivity contribution in [3.63, 3.8) is 0 Å². The van der Waals surface area contributed by atoms with Crippen LogP contribution in [0.25, 0.3) is 22.3 Å². The number of nitrogen functional groups attached to an aromatic ring is 1. The van der Waals surface area contributed by atoms with Crippen molar-refractivity contribution in [1.82, 2.24) is 29.5 Å². The third kappa shape index (κ3) is 6.81. The number of para-hydroxylation sites is 1. The largest absolute Gasteiger partial charge is 0.457 e. The second-order valence-electron chi connectivity index (χ2n) is 11.9. The van der Waals surface area contributed by atoms with Crippen LogP contribution < -0.4 is 10.5 Å². The number of aromatic nitrogens is 4. The molecule has 2 aromatic heterocycles. The lowest BCUT2D eigenvalue weighted by atomic mass is 9.98. The van der Waals surface area contributed by atoms with Gasteiger partial charge in [0.05, 0.1) is 18.0 Å². The molecule has 2 N–H and O–H groups in total. The zero-order valence-electron chi connectivity index (χ0n) is 26.2. The first-order valence-corrected chi connectivity index (χ1v) is 15.3. The number of anilines is 1. The van der Waals surface area contributed by atoms with Crippen LogP contribution in [0.2, 0.25) is 0 Å². The number of hydrogen-bond acceptors (Lipinski definition) is 8. The quantitative estimate of drug-likeness (QED) is 0.163. The Kier molecular flexibility index (Phi) is 9.44. The fourth-order valence-electron chi connectivity index (χ4n) is 5.66. The van der Waals surface area contributed by atoms with Crippen molar-refractivity contribution in [2.24, 2.45) is 0 Å². The van der Waals surface area contributed by atoms with Gasteiger partial charge in [0.2, 0.25) is 0 Å². The Bertz CT molecular complexity index is 1740. The molecule has 45 heavy (non-hydrogen) atoms. The number of amides is 1. The maximum atomic E-state index is 15.6. The second-order valence-corrected chi connectivity index (χ2v) is 11.9. The summed E-state index contributed by atoms with van der Waals surface area (Å²) >= 11 is 0. The van der Waals surface area contributed by atoms with E-state index >= 15 is 4.39 Å². The monoisotopic (exact) mass is 610 g/mol. The minimum Gasteiger partial charge on any atom is -0.457 e. The van der Waals surface area contributed by atoms with Crippen LogP contribution in [0.3, 0.4) is 0 Å². The Morgan fingerprint density at radius 3 is 2.71 bits per heavy atom. The summed E-state index contributed by atoms with van der Waals surface area (Å²) in [4.78, 5) is 26.2. The highest BCUT2D eigenvalue weighted by Crippen LogP contribution is 2.35. The fraction of sp³-hybridized carbons (Fsp3) is 0.382. The first-order chi connectivity index (χ1) is 21.6. The summed E-state index contributed by atoms with van der Waals surface area (Å²) < 4.78 is 23.0. The molecule has 11 heteroatoms. The normalized spacial score (nSPS) is 15.5. The summed E-state index contributed by atoms with van der Waals surface area (Å²) in [5, 5.41) is 15.2. The van der Waals surface area contributed by atoms with E-state index in [9.17, 15) is 10.1 Å². The summed E-state index contributed by atoms with van der Waals surface area (Å²) in [5.41, 5.74) is 6.89. The number of nitrogens with zero attached hydrogens (tertiary/aromatic N) is 7. The van der Waals surface area contributed by atoms with Gasteiger partial charge in [0, 0.05) is 23.7 Å². The highest BCUT2D eigenvalue weighted by atomic mass is 19.1. The zero-order chi connectivity index (χ0) is 32.1. The van der Waals surface area contributed by atoms with E-state index < -0.39 is 11.4 Å². The van der Waals surface area contributed by atoms with Gasteiger partial charge >= 0.3 is 0 Å². The number of nitrogens with two attached hydrogens (primary N) is 1. The third-order valence-electron chi connectivity index (χ3n) is 8.43. The molecular formula is C34H39FN8O2. The number of hydrogen-bond donors (Lipinski definition) is 1. The van der Waals surface area contributed by atoms with Crippen molar-refractivity contribution < 1.29 is 13.9 Å². The van der Waals surface area contributed by atoms with E-state index in [1.54, 1.807) is 39.9 Å². The van der Waals surface area contributed by atoms with E-state index in [0.29, 0.717) is 41.3 Å². The highest BCUT2D eigenvalue weighted by molar-refractivity contribution is 5.99. The van der Waals surface area contributed by atoms with Gasteiger partial charge in [-0.2, -0.15) is 10.4 Å². The number of benzene rings is 2. The van der Waals surface area contributed by atoms with Crippen LogP contribution in [0.1, 0.15) is 46.5 Å². The second kappa shape index (κ2) is 13.4. The van der Waals surface area contributed by atoms with Gasteiger partial charge in [-0.1, -0.05) is 31.5 Å². The molecule has 1 aliphatic heterocycles. The molecule has 3 heterocycles. The van der Waals surface area contributed by atoms with Crippen LogP contribution in [0.4, 0.5) is 10.2 Å². The molecule has 0 saturated carbocycles. The van der Waals surface area contributed by atoms with E-state index in [0.717, 1.165) is 32.2 Å². The third-order valence-corrected chi connectivity index (χ3v) is 8.43. The van der Waals surface area contributed by atoms with Crippen molar-refractivity contribution in [2.75, 3.05) is 25.9 Å². The lowest BCUT2D eigenvalue weighted by Crippen LogP contribution is -2.42. The molecule has 1 saturated heterocycles. The van der Waals surface area contributed by atoms with Crippen molar-refractivity contribution in [2.45, 2.75) is 64.6 Å². The SMILES string of the molecule is CCCCN(C)C(C)(C)/C=C(\C#N)C(=O)N1CCC[C@H]1Cn1nc(-c2ccc(Oc3ccccc3)cc2F)c2c(N)ncnc21. The minimum absolute atomic E-state index is 0.118. The van der Waals surface area contributed by atoms with E-state index in [-0.39, 0.29) is 28.9 Å². The van der Waals surface area contributed by atoms with E-state index in [2.05, 4.69) is 27.9 Å². The summed E-state index contributed by atoms with van der Waals surface area (Å²) in [6.45, 7) is 7.84. The van der Waals surface area contributed by atoms with E-state index in [1.807, 2.05) is 39.1 Å². The Hall–Kier alpha value is -4.82. The molecule has 2 aromatic carbocycles. The summed E-state index contributed by atoms with van der Waals surface area (Å²) in [6, 6.07) is 15.6. The molecule has 0 bridgehead atoms. The van der Waals surface area contributed by atoms with Crippen LogP contribution in [-0.4, -0.2) is 67.2 Å². The predicted molar refractivity (Wildman–Crippen MR) is 172 cm³/mol. The lowest BCUT2D eigenvalue weighted by molar-refractivity contribution is -0.127. The number of ether oxygens (including phenoxy) is 1. The average Bonchev–Trinajstić information content (AvgIpc) is 3.64. The number of fused-ring (bicyclic) bond motifs is 1. The molecule has 1 aliphatic rings. The van der Waals surface area contributed by atoms with Gasteiger partial charge in [-0.25, -0.2) is 19.0 Å². The molecule has 0 aliphatic carbocycles. The van der Waals surface area contributed by atoms with Gasteiger partial charge in [-0.3, -0.25) is 9.69 Å². The van der Waals surface area contributed by atoms with Crippen molar-refractivity contribution in [3.8, 4) is 28.8 Å². The highest BCUT2D eigenvalue weighted by Gasteiger charge is 2.34. The van der Waals surface area contributed by atoms with Gasteiger partial charge in [0.15, 0.2) is 5.65 Å². The molecule has 5 rings (SSSR count). The predicted octanol–water partition coefficient (Wildman–Crippen LogP) is 5.96. The molecule has 0 unspecified atom stereocenters. The molecule has 1 fully saturated rings. The maximum absolute atomic E-state index is 15.6. The number of likely N-dealkylation sites (tertiary alicyclic amines) is 1.